The van der Waals surface area contributed by atoms with Crippen molar-refractivity contribution in [3.8, 4) is 11.5 Å². The quantitative estimate of drug-likeness (QED) is 0.928. The summed E-state index contributed by atoms with van der Waals surface area (Å²) in [5.74, 6) is 2.11. The lowest BCUT2D eigenvalue weighted by atomic mass is 9.82. The van der Waals surface area contributed by atoms with Crippen molar-refractivity contribution in [1.29, 1.82) is 0 Å². The van der Waals surface area contributed by atoms with Crippen LogP contribution in [0.5, 0.6) is 11.5 Å². The molecule has 22 heavy (non-hydrogen) atoms. The van der Waals surface area contributed by atoms with Crippen LogP contribution in [0.4, 0.5) is 0 Å². The van der Waals surface area contributed by atoms with Crippen molar-refractivity contribution >= 4 is 0 Å². The molecular formula is C19H23NO2. The Morgan fingerprint density at radius 2 is 1.64 bits per heavy atom. The van der Waals surface area contributed by atoms with Gasteiger partial charge in [-0.15, -0.1) is 0 Å². The van der Waals surface area contributed by atoms with Crippen LogP contribution in [0.2, 0.25) is 0 Å². The third kappa shape index (κ3) is 2.57. The maximum atomic E-state index is 5.50. The van der Waals surface area contributed by atoms with Gasteiger partial charge < -0.3 is 14.8 Å². The SMILES string of the molecule is CC[C@H]1CN[C@@H](c2ccccc2)c2cc(OC)c(OC)cc21. The van der Waals surface area contributed by atoms with Gasteiger partial charge in [-0.2, -0.15) is 0 Å². The molecule has 2 aromatic carbocycles. The molecule has 0 unspecified atom stereocenters. The molecule has 3 rings (SSSR count). The lowest BCUT2D eigenvalue weighted by Crippen LogP contribution is -2.33. The fourth-order valence-corrected chi connectivity index (χ4v) is 3.30. The maximum absolute atomic E-state index is 5.50. The molecule has 1 N–H and O–H groups in total. The van der Waals surface area contributed by atoms with E-state index < -0.39 is 0 Å². The number of hydrogen-bond donors (Lipinski definition) is 1. The fourth-order valence-electron chi connectivity index (χ4n) is 3.30. The highest BCUT2D eigenvalue weighted by Gasteiger charge is 2.28. The number of methoxy groups -OCH3 is 2. The number of rotatable bonds is 4. The molecule has 116 valence electrons. The molecular weight excluding hydrogens is 274 g/mol. The van der Waals surface area contributed by atoms with Gasteiger partial charge in [0, 0.05) is 6.54 Å². The summed E-state index contributed by atoms with van der Waals surface area (Å²) in [4.78, 5) is 0. The summed E-state index contributed by atoms with van der Waals surface area (Å²) in [6.45, 7) is 3.22. The van der Waals surface area contributed by atoms with E-state index in [2.05, 4.69) is 54.7 Å². The largest absolute Gasteiger partial charge is 0.493 e. The number of hydrogen-bond acceptors (Lipinski definition) is 3. The summed E-state index contributed by atoms with van der Waals surface area (Å²) < 4.78 is 11.0. The second-order valence-electron chi connectivity index (χ2n) is 5.69. The smallest absolute Gasteiger partial charge is 0.161 e. The van der Waals surface area contributed by atoms with E-state index in [9.17, 15) is 0 Å². The van der Waals surface area contributed by atoms with Crippen LogP contribution < -0.4 is 14.8 Å². The molecule has 0 radical (unpaired) electrons. The minimum absolute atomic E-state index is 0.207. The summed E-state index contributed by atoms with van der Waals surface area (Å²) in [5.41, 5.74) is 3.94. The number of ether oxygens (including phenoxy) is 2. The maximum Gasteiger partial charge on any atom is 0.161 e. The molecule has 2 aromatic rings. The average Bonchev–Trinajstić information content (AvgIpc) is 2.60. The number of fused-ring (bicyclic) bond motifs is 1. The first-order valence-corrected chi connectivity index (χ1v) is 7.82. The predicted molar refractivity (Wildman–Crippen MR) is 88.9 cm³/mol. The second-order valence-corrected chi connectivity index (χ2v) is 5.69. The molecule has 1 aliphatic heterocycles. The zero-order valence-corrected chi connectivity index (χ0v) is 13.4. The summed E-state index contributed by atoms with van der Waals surface area (Å²) >= 11 is 0. The first kappa shape index (κ1) is 14.9. The number of nitrogens with one attached hydrogen (secondary N) is 1. The van der Waals surface area contributed by atoms with Crippen molar-refractivity contribution in [2.24, 2.45) is 0 Å². The molecule has 3 heteroatoms. The standard InChI is InChI=1S/C19H23NO2/c1-4-13-12-20-19(14-8-6-5-7-9-14)16-11-18(22-3)17(21-2)10-15(13)16/h5-11,13,19-20H,4,12H2,1-3H3/t13-,19-/m0/s1. The van der Waals surface area contributed by atoms with E-state index in [0.29, 0.717) is 5.92 Å². The van der Waals surface area contributed by atoms with Crippen molar-refractivity contribution < 1.29 is 9.47 Å². The summed E-state index contributed by atoms with van der Waals surface area (Å²) in [7, 11) is 3.39. The van der Waals surface area contributed by atoms with E-state index >= 15 is 0 Å². The minimum atomic E-state index is 0.207. The van der Waals surface area contributed by atoms with Crippen LogP contribution >= 0.6 is 0 Å². The first-order valence-electron chi connectivity index (χ1n) is 7.82. The van der Waals surface area contributed by atoms with Crippen molar-refractivity contribution in [3.05, 3.63) is 59.2 Å². The molecule has 1 aliphatic rings. The van der Waals surface area contributed by atoms with E-state index in [1.807, 2.05) is 0 Å². The van der Waals surface area contributed by atoms with Crippen LogP contribution in [-0.2, 0) is 0 Å². The van der Waals surface area contributed by atoms with Crippen molar-refractivity contribution in [1.82, 2.24) is 5.32 Å². The molecule has 3 nitrogen and oxygen atoms in total. The Labute approximate surface area is 132 Å². The van der Waals surface area contributed by atoms with E-state index in [0.717, 1.165) is 24.5 Å². The third-order valence-corrected chi connectivity index (χ3v) is 4.53. The van der Waals surface area contributed by atoms with Gasteiger partial charge in [0.1, 0.15) is 0 Å². The van der Waals surface area contributed by atoms with Gasteiger partial charge in [0.25, 0.3) is 0 Å². The molecule has 2 atom stereocenters. The highest BCUT2D eigenvalue weighted by molar-refractivity contribution is 5.52. The predicted octanol–water partition coefficient (Wildman–Crippen LogP) is 3.89. The molecule has 0 saturated heterocycles. The van der Waals surface area contributed by atoms with E-state index in [1.165, 1.54) is 16.7 Å². The Hall–Kier alpha value is -2.00. The minimum Gasteiger partial charge on any atom is -0.493 e. The van der Waals surface area contributed by atoms with Crippen LogP contribution in [0.25, 0.3) is 0 Å². The third-order valence-electron chi connectivity index (χ3n) is 4.53. The van der Waals surface area contributed by atoms with Gasteiger partial charge in [0.2, 0.25) is 0 Å². The van der Waals surface area contributed by atoms with Gasteiger partial charge in [-0.25, -0.2) is 0 Å². The monoisotopic (exact) mass is 297 g/mol. The molecule has 0 spiro atoms. The Morgan fingerprint density at radius 1 is 1.00 bits per heavy atom. The average molecular weight is 297 g/mol. The van der Waals surface area contributed by atoms with Crippen molar-refractivity contribution in [2.75, 3.05) is 20.8 Å². The Balaban J connectivity index is 2.13. The summed E-state index contributed by atoms with van der Waals surface area (Å²) in [6.07, 6.45) is 1.11. The van der Waals surface area contributed by atoms with Gasteiger partial charge in [-0.05, 0) is 41.2 Å². The Morgan fingerprint density at radius 3 is 2.23 bits per heavy atom. The van der Waals surface area contributed by atoms with Crippen LogP contribution in [0.3, 0.4) is 0 Å². The van der Waals surface area contributed by atoms with E-state index in [1.54, 1.807) is 14.2 Å². The normalized spacial score (nSPS) is 20.3. The number of benzene rings is 2. The van der Waals surface area contributed by atoms with Crippen molar-refractivity contribution in [3.63, 3.8) is 0 Å². The Bertz CT molecular complexity index is 639. The van der Waals surface area contributed by atoms with E-state index in [-0.39, 0.29) is 6.04 Å². The lowest BCUT2D eigenvalue weighted by molar-refractivity contribution is 0.351. The Kier molecular flexibility index (Phi) is 4.34. The van der Waals surface area contributed by atoms with Gasteiger partial charge in [-0.1, -0.05) is 37.3 Å². The molecule has 0 fully saturated rings. The molecule has 0 aromatic heterocycles. The van der Waals surface area contributed by atoms with Crippen LogP contribution in [-0.4, -0.2) is 20.8 Å². The molecule has 0 aliphatic carbocycles. The lowest BCUT2D eigenvalue weighted by Gasteiger charge is -2.33. The molecule has 1 heterocycles. The zero-order valence-electron chi connectivity index (χ0n) is 13.4. The van der Waals surface area contributed by atoms with Crippen LogP contribution in [0.15, 0.2) is 42.5 Å². The highest BCUT2D eigenvalue weighted by atomic mass is 16.5. The van der Waals surface area contributed by atoms with Gasteiger partial charge in [-0.3, -0.25) is 0 Å². The fraction of sp³-hybridized carbons (Fsp3) is 0.368. The molecule has 0 amide bonds. The van der Waals surface area contributed by atoms with Gasteiger partial charge in [0.05, 0.1) is 20.3 Å². The summed E-state index contributed by atoms with van der Waals surface area (Å²) in [6, 6.07) is 15.1. The topological polar surface area (TPSA) is 30.5 Å². The first-order chi connectivity index (χ1) is 10.8. The van der Waals surface area contributed by atoms with Crippen LogP contribution in [0, 0.1) is 0 Å². The molecule has 0 saturated carbocycles. The van der Waals surface area contributed by atoms with Crippen molar-refractivity contribution in [2.45, 2.75) is 25.3 Å². The molecule has 0 bridgehead atoms. The van der Waals surface area contributed by atoms with E-state index in [4.69, 9.17) is 9.47 Å². The van der Waals surface area contributed by atoms with Crippen LogP contribution in [0.1, 0.15) is 42.0 Å². The zero-order chi connectivity index (χ0) is 15.5. The van der Waals surface area contributed by atoms with Gasteiger partial charge in [0.15, 0.2) is 11.5 Å². The highest BCUT2D eigenvalue weighted by Crippen LogP contribution is 2.41. The second kappa shape index (κ2) is 6.41. The summed E-state index contributed by atoms with van der Waals surface area (Å²) in [5, 5.41) is 3.69. The van der Waals surface area contributed by atoms with Gasteiger partial charge >= 0.3 is 0 Å².